The van der Waals surface area contributed by atoms with Gasteiger partial charge in [-0.2, -0.15) is 0 Å². The molecule has 30 heavy (non-hydrogen) atoms. The van der Waals surface area contributed by atoms with E-state index >= 15 is 0 Å². The smallest absolute Gasteiger partial charge is 0.263 e. The number of ether oxygens (including phenoxy) is 1. The lowest BCUT2D eigenvalue weighted by Crippen LogP contribution is -2.58. The van der Waals surface area contributed by atoms with Crippen molar-refractivity contribution in [3.63, 3.8) is 0 Å². The standard InChI is InChI=1S/C19H21FN8O2/c20-12-7-23-18-16(17(21)25-28(18)9-12)19(29)24-14-8-22-2-1-15(14)27-4-3-26-5-6-30-11-13(26)10-27/h1-2,7-9,13H,3-6,10-11H2,(H2,21,25)(H,24,29)/t13-/m0/s1. The zero-order valence-corrected chi connectivity index (χ0v) is 16.2. The number of rotatable bonds is 3. The second-order valence-corrected chi connectivity index (χ2v) is 7.36. The van der Waals surface area contributed by atoms with Gasteiger partial charge in [0.1, 0.15) is 5.56 Å². The molecule has 2 aliphatic heterocycles. The minimum absolute atomic E-state index is 0.0241. The Labute approximate surface area is 171 Å². The highest BCUT2D eigenvalue weighted by Crippen LogP contribution is 2.29. The third-order valence-electron chi connectivity index (χ3n) is 5.52. The first kappa shape index (κ1) is 18.7. The van der Waals surface area contributed by atoms with E-state index in [1.54, 1.807) is 12.4 Å². The van der Waals surface area contributed by atoms with Crippen molar-refractivity contribution in [2.24, 2.45) is 0 Å². The molecule has 0 radical (unpaired) electrons. The molecule has 3 N–H and O–H groups in total. The van der Waals surface area contributed by atoms with Crippen LogP contribution >= 0.6 is 0 Å². The number of carbonyl (C=O) groups excluding carboxylic acids is 1. The number of carbonyl (C=O) groups is 1. The van der Waals surface area contributed by atoms with Gasteiger partial charge in [0, 0.05) is 32.4 Å². The van der Waals surface area contributed by atoms with Gasteiger partial charge in [0.2, 0.25) is 0 Å². The largest absolute Gasteiger partial charge is 0.381 e. The van der Waals surface area contributed by atoms with Gasteiger partial charge >= 0.3 is 0 Å². The molecular weight excluding hydrogens is 391 g/mol. The topological polar surface area (TPSA) is 114 Å². The molecule has 0 spiro atoms. The molecule has 1 amide bonds. The molecule has 3 aromatic heterocycles. The monoisotopic (exact) mass is 412 g/mol. The molecule has 11 heteroatoms. The molecule has 5 rings (SSSR count). The summed E-state index contributed by atoms with van der Waals surface area (Å²) in [5, 5.41) is 6.85. The number of amides is 1. The summed E-state index contributed by atoms with van der Waals surface area (Å²) >= 11 is 0. The first-order valence-corrected chi connectivity index (χ1v) is 9.71. The maximum Gasteiger partial charge on any atom is 0.263 e. The van der Waals surface area contributed by atoms with E-state index < -0.39 is 11.7 Å². The molecule has 2 saturated heterocycles. The van der Waals surface area contributed by atoms with Gasteiger partial charge in [-0.15, -0.1) is 5.10 Å². The second kappa shape index (κ2) is 7.50. The molecule has 0 unspecified atom stereocenters. The SMILES string of the molecule is Nc1nn2cc(F)cnc2c1C(=O)Nc1cnccc1N1CCN2CCOC[C@@H]2C1. The molecule has 0 aliphatic carbocycles. The van der Waals surface area contributed by atoms with Crippen LogP contribution in [0.15, 0.2) is 30.9 Å². The fourth-order valence-corrected chi connectivity index (χ4v) is 4.06. The Morgan fingerprint density at radius 3 is 3.10 bits per heavy atom. The zero-order chi connectivity index (χ0) is 20.7. The van der Waals surface area contributed by atoms with Crippen molar-refractivity contribution < 1.29 is 13.9 Å². The van der Waals surface area contributed by atoms with Gasteiger partial charge in [0.05, 0.1) is 49.2 Å². The number of aromatic nitrogens is 4. The summed E-state index contributed by atoms with van der Waals surface area (Å²) in [6.07, 6.45) is 5.44. The van der Waals surface area contributed by atoms with E-state index in [1.807, 2.05) is 6.07 Å². The van der Waals surface area contributed by atoms with E-state index in [0.29, 0.717) is 18.3 Å². The number of hydrogen-bond acceptors (Lipinski definition) is 8. The molecule has 1 atom stereocenters. The summed E-state index contributed by atoms with van der Waals surface area (Å²) < 4.78 is 20.2. The predicted molar refractivity (Wildman–Crippen MR) is 108 cm³/mol. The normalized spacial score (nSPS) is 19.6. The van der Waals surface area contributed by atoms with Crippen LogP contribution < -0.4 is 16.0 Å². The number of morpholine rings is 1. The van der Waals surface area contributed by atoms with E-state index in [-0.39, 0.29) is 17.0 Å². The van der Waals surface area contributed by atoms with Crippen LogP contribution in [-0.2, 0) is 4.74 Å². The lowest BCUT2D eigenvalue weighted by atomic mass is 10.1. The number of nitrogens with two attached hydrogens (primary N) is 1. The average Bonchev–Trinajstić information content (AvgIpc) is 3.08. The van der Waals surface area contributed by atoms with Crippen molar-refractivity contribution in [2.45, 2.75) is 6.04 Å². The van der Waals surface area contributed by atoms with Crippen molar-refractivity contribution in [1.82, 2.24) is 24.5 Å². The third-order valence-corrected chi connectivity index (χ3v) is 5.52. The molecule has 0 saturated carbocycles. The molecular formula is C19H21FN8O2. The number of pyridine rings is 1. The summed E-state index contributed by atoms with van der Waals surface area (Å²) in [5.41, 5.74) is 7.63. The minimum Gasteiger partial charge on any atom is -0.381 e. The van der Waals surface area contributed by atoms with Crippen LogP contribution in [0.3, 0.4) is 0 Å². The Morgan fingerprint density at radius 1 is 1.30 bits per heavy atom. The van der Waals surface area contributed by atoms with E-state index in [9.17, 15) is 9.18 Å². The maximum atomic E-state index is 13.4. The van der Waals surface area contributed by atoms with Gasteiger partial charge in [-0.3, -0.25) is 14.7 Å². The van der Waals surface area contributed by atoms with E-state index in [4.69, 9.17) is 10.5 Å². The fourth-order valence-electron chi connectivity index (χ4n) is 4.06. The summed E-state index contributed by atoms with van der Waals surface area (Å²) in [5.74, 6) is -1.07. The van der Waals surface area contributed by atoms with E-state index in [1.165, 1.54) is 0 Å². The number of halogens is 1. The van der Waals surface area contributed by atoms with Gasteiger partial charge in [-0.25, -0.2) is 13.9 Å². The molecule has 3 aromatic rings. The number of anilines is 3. The molecule has 156 valence electrons. The minimum atomic E-state index is -0.572. The number of nitrogens with one attached hydrogen (secondary N) is 1. The van der Waals surface area contributed by atoms with Gasteiger partial charge < -0.3 is 20.7 Å². The van der Waals surface area contributed by atoms with Gasteiger partial charge in [0.25, 0.3) is 5.91 Å². The molecule has 10 nitrogen and oxygen atoms in total. The summed E-state index contributed by atoms with van der Waals surface area (Å²) in [7, 11) is 0. The lowest BCUT2D eigenvalue weighted by molar-refractivity contribution is -0.0116. The van der Waals surface area contributed by atoms with Crippen LogP contribution in [0.5, 0.6) is 0 Å². The highest BCUT2D eigenvalue weighted by molar-refractivity contribution is 6.12. The van der Waals surface area contributed by atoms with Crippen LogP contribution in [-0.4, -0.2) is 75.8 Å². The number of nitrogen functional groups attached to an aromatic ring is 1. The van der Waals surface area contributed by atoms with Crippen molar-refractivity contribution >= 4 is 28.7 Å². The summed E-state index contributed by atoms with van der Waals surface area (Å²) in [6.45, 7) is 4.98. The quantitative estimate of drug-likeness (QED) is 0.644. The van der Waals surface area contributed by atoms with Crippen molar-refractivity contribution in [1.29, 1.82) is 0 Å². The van der Waals surface area contributed by atoms with Crippen LogP contribution in [0.1, 0.15) is 10.4 Å². The number of hydrogen-bond donors (Lipinski definition) is 2. The summed E-state index contributed by atoms with van der Waals surface area (Å²) in [4.78, 5) is 25.8. The van der Waals surface area contributed by atoms with Crippen molar-refractivity contribution in [2.75, 3.05) is 55.3 Å². The molecule has 2 fully saturated rings. The van der Waals surface area contributed by atoms with Crippen LogP contribution in [0.25, 0.3) is 5.65 Å². The van der Waals surface area contributed by atoms with Crippen LogP contribution in [0.4, 0.5) is 21.6 Å². The average molecular weight is 412 g/mol. The molecule has 0 aromatic carbocycles. The first-order valence-electron chi connectivity index (χ1n) is 9.71. The predicted octanol–water partition coefficient (Wildman–Crippen LogP) is 0.619. The van der Waals surface area contributed by atoms with Gasteiger partial charge in [0.15, 0.2) is 17.3 Å². The Morgan fingerprint density at radius 2 is 2.20 bits per heavy atom. The number of fused-ring (bicyclic) bond motifs is 2. The molecule has 2 aliphatic rings. The Balaban J connectivity index is 1.41. The van der Waals surface area contributed by atoms with Crippen molar-refractivity contribution in [3.8, 4) is 0 Å². The second-order valence-electron chi connectivity index (χ2n) is 7.36. The Kier molecular flexibility index (Phi) is 4.68. The van der Waals surface area contributed by atoms with Crippen molar-refractivity contribution in [3.05, 3.63) is 42.2 Å². The highest BCUT2D eigenvalue weighted by Gasteiger charge is 2.31. The first-order chi connectivity index (χ1) is 14.6. The zero-order valence-electron chi connectivity index (χ0n) is 16.2. The number of nitrogens with zero attached hydrogens (tertiary/aromatic N) is 6. The lowest BCUT2D eigenvalue weighted by Gasteiger charge is -2.44. The highest BCUT2D eigenvalue weighted by atomic mass is 19.1. The summed E-state index contributed by atoms with van der Waals surface area (Å²) in [6, 6.07) is 2.20. The van der Waals surface area contributed by atoms with Gasteiger partial charge in [-0.05, 0) is 6.07 Å². The fraction of sp³-hybridized carbons (Fsp3) is 0.368. The third kappa shape index (κ3) is 3.31. The maximum absolute atomic E-state index is 13.4. The Bertz CT molecular complexity index is 1100. The molecule has 5 heterocycles. The Hall–Kier alpha value is -3.31. The van der Waals surface area contributed by atoms with E-state index in [2.05, 4.69) is 30.2 Å². The van der Waals surface area contributed by atoms with Crippen LogP contribution in [0.2, 0.25) is 0 Å². The number of piperazine rings is 1. The van der Waals surface area contributed by atoms with Gasteiger partial charge in [-0.1, -0.05) is 0 Å². The van der Waals surface area contributed by atoms with Crippen LogP contribution in [0, 0.1) is 5.82 Å². The molecule has 0 bridgehead atoms. The van der Waals surface area contributed by atoms with E-state index in [0.717, 1.165) is 55.4 Å².